The Morgan fingerprint density at radius 3 is 1.80 bits per heavy atom. The molecule has 1 saturated heterocycles. The van der Waals surface area contributed by atoms with Crippen molar-refractivity contribution in [3.8, 4) is 11.5 Å². The van der Waals surface area contributed by atoms with Gasteiger partial charge in [-0.2, -0.15) is 0 Å². The Hall–Kier alpha value is -4.79. The van der Waals surface area contributed by atoms with E-state index < -0.39 is 11.9 Å². The van der Waals surface area contributed by atoms with Crippen molar-refractivity contribution in [3.05, 3.63) is 131 Å². The van der Waals surface area contributed by atoms with E-state index in [-0.39, 0.29) is 67.2 Å². The van der Waals surface area contributed by atoms with Gasteiger partial charge in [-0.25, -0.2) is 0 Å². The van der Waals surface area contributed by atoms with E-state index in [1.165, 1.54) is 22.7 Å². The lowest BCUT2D eigenvalue weighted by Gasteiger charge is -2.23. The molecule has 4 aromatic carbocycles. The minimum atomic E-state index is -0.951. The van der Waals surface area contributed by atoms with Crippen LogP contribution in [0.5, 0.6) is 11.5 Å². The van der Waals surface area contributed by atoms with Gasteiger partial charge in [0, 0.05) is 31.9 Å². The molecule has 0 aromatic heterocycles. The number of amides is 3. The van der Waals surface area contributed by atoms with Crippen molar-refractivity contribution in [2.45, 2.75) is 32.6 Å². The first-order valence-electron chi connectivity index (χ1n) is 18.3. The molecule has 0 bridgehead atoms. The Morgan fingerprint density at radius 1 is 0.709 bits per heavy atom. The number of hydrogen-bond donors (Lipinski definition) is 2. The maximum Gasteiger partial charge on any atom is 0.263 e. The van der Waals surface area contributed by atoms with Gasteiger partial charge in [-0.15, -0.1) is 0 Å². The molecule has 0 saturated carbocycles. The predicted octanol–water partition coefficient (Wildman–Crippen LogP) is 5.85. The van der Waals surface area contributed by atoms with Crippen molar-refractivity contribution in [1.82, 2.24) is 15.5 Å². The molecule has 0 unspecified atom stereocenters. The molecule has 3 amide bonds. The molecular formula is C42H47N3O8S2. The van der Waals surface area contributed by atoms with Crippen LogP contribution in [0.25, 0.3) is 0 Å². The molecule has 1 heterocycles. The van der Waals surface area contributed by atoms with Crippen LogP contribution in [0.3, 0.4) is 0 Å². The van der Waals surface area contributed by atoms with Gasteiger partial charge in [0.1, 0.15) is 23.6 Å². The largest absolute Gasteiger partial charge is 0.484 e. The molecule has 11 nitrogen and oxygen atoms in total. The summed E-state index contributed by atoms with van der Waals surface area (Å²) in [5.41, 5.74) is 2.87. The van der Waals surface area contributed by atoms with Crippen molar-refractivity contribution in [2.24, 2.45) is 0 Å². The van der Waals surface area contributed by atoms with Gasteiger partial charge in [-0.3, -0.25) is 19.3 Å². The summed E-state index contributed by atoms with van der Waals surface area (Å²) in [6.45, 7) is 5.50. The minimum Gasteiger partial charge on any atom is -0.484 e. The number of nitrogens with zero attached hydrogens (tertiary/aromatic N) is 1. The Morgan fingerprint density at radius 2 is 1.24 bits per heavy atom. The molecule has 0 aliphatic carbocycles. The molecule has 0 spiro atoms. The Labute approximate surface area is 332 Å². The van der Waals surface area contributed by atoms with Gasteiger partial charge in [0.15, 0.2) is 11.5 Å². The Balaban J connectivity index is 1.40. The zero-order valence-corrected chi connectivity index (χ0v) is 32.5. The number of benzene rings is 4. The Bertz CT molecular complexity index is 1830. The van der Waals surface area contributed by atoms with Crippen molar-refractivity contribution in [2.75, 3.05) is 58.5 Å². The lowest BCUT2D eigenvalue weighted by Crippen LogP contribution is -2.48. The van der Waals surface area contributed by atoms with E-state index in [0.29, 0.717) is 49.7 Å². The number of thioether (sulfide) groups is 1. The Kier molecular flexibility index (Phi) is 17.0. The third kappa shape index (κ3) is 12.9. The number of carbonyl (C=O) groups is 3. The van der Waals surface area contributed by atoms with Crippen LogP contribution in [0, 0.1) is 0 Å². The SMILES string of the molecule is CCOCCOCCOCCNC(=O)[C@H](Cc1ccccc1)NC(=O)c1ccc(C(=O)N2CCSC2=S)c(OCc2ccccc2)c1OCc1ccccc1. The summed E-state index contributed by atoms with van der Waals surface area (Å²) in [4.78, 5) is 43.6. The highest BCUT2D eigenvalue weighted by Crippen LogP contribution is 2.38. The third-order valence-electron chi connectivity index (χ3n) is 8.44. The summed E-state index contributed by atoms with van der Waals surface area (Å²) in [7, 11) is 0. The lowest BCUT2D eigenvalue weighted by molar-refractivity contribution is -0.123. The van der Waals surface area contributed by atoms with Crippen LogP contribution < -0.4 is 20.1 Å². The van der Waals surface area contributed by atoms with Crippen LogP contribution in [0.4, 0.5) is 0 Å². The molecule has 1 fully saturated rings. The highest BCUT2D eigenvalue weighted by Gasteiger charge is 2.32. The molecular weight excluding hydrogens is 739 g/mol. The zero-order chi connectivity index (χ0) is 38.7. The zero-order valence-electron chi connectivity index (χ0n) is 30.9. The standard InChI is InChI=1S/C42H47N3O8S2/c1-2-49-23-24-51-26-25-50-22-20-43-40(47)36(28-31-12-6-3-7-13-31)44-39(46)34-18-19-35(41(48)45-21-27-55-42(45)54)38(53-30-33-16-10-5-11-17-33)37(34)52-29-32-14-8-4-9-15-32/h3-19,36H,2,20-30H2,1H3,(H,43,47)(H,44,46)/t36-/m0/s1. The van der Waals surface area contributed by atoms with E-state index in [9.17, 15) is 14.4 Å². The molecule has 0 radical (unpaired) electrons. The van der Waals surface area contributed by atoms with Crippen molar-refractivity contribution in [1.29, 1.82) is 0 Å². The van der Waals surface area contributed by atoms with Crippen molar-refractivity contribution < 1.29 is 38.1 Å². The highest BCUT2D eigenvalue weighted by atomic mass is 32.2. The summed E-state index contributed by atoms with van der Waals surface area (Å²) in [6.07, 6.45) is 0.227. The summed E-state index contributed by atoms with van der Waals surface area (Å²) >= 11 is 6.93. The van der Waals surface area contributed by atoms with Gasteiger partial charge >= 0.3 is 0 Å². The van der Waals surface area contributed by atoms with Crippen molar-refractivity contribution in [3.63, 3.8) is 0 Å². The van der Waals surface area contributed by atoms with Crippen LogP contribution in [0.1, 0.15) is 44.3 Å². The van der Waals surface area contributed by atoms with Gasteiger partial charge < -0.3 is 34.3 Å². The molecule has 1 atom stereocenters. The molecule has 4 aromatic rings. The normalized spacial score (nSPS) is 13.0. The number of hydrogen-bond acceptors (Lipinski definition) is 10. The summed E-state index contributed by atoms with van der Waals surface area (Å²) in [5, 5.41) is 5.83. The van der Waals surface area contributed by atoms with Crippen LogP contribution in [-0.4, -0.2) is 91.5 Å². The fourth-order valence-corrected chi connectivity index (χ4v) is 6.83. The second-order valence-electron chi connectivity index (χ2n) is 12.4. The summed E-state index contributed by atoms with van der Waals surface area (Å²) in [6, 6.07) is 30.6. The van der Waals surface area contributed by atoms with Gasteiger partial charge in [0.2, 0.25) is 5.91 Å². The van der Waals surface area contributed by atoms with E-state index in [1.807, 2.05) is 97.9 Å². The van der Waals surface area contributed by atoms with Gasteiger partial charge in [-0.05, 0) is 35.7 Å². The smallest absolute Gasteiger partial charge is 0.263 e. The molecule has 55 heavy (non-hydrogen) atoms. The number of thiocarbonyl (C=S) groups is 1. The van der Waals surface area contributed by atoms with Crippen molar-refractivity contribution >= 4 is 46.0 Å². The van der Waals surface area contributed by atoms with Crippen LogP contribution in [0.15, 0.2) is 103 Å². The van der Waals surface area contributed by atoms with Crippen LogP contribution >= 0.6 is 24.0 Å². The number of carbonyl (C=O) groups excluding carboxylic acids is 3. The van der Waals surface area contributed by atoms with Crippen LogP contribution in [-0.2, 0) is 38.6 Å². The molecule has 13 heteroatoms. The van der Waals surface area contributed by atoms with E-state index in [0.717, 1.165) is 16.7 Å². The molecule has 2 N–H and O–H groups in total. The highest BCUT2D eigenvalue weighted by molar-refractivity contribution is 8.23. The van der Waals surface area contributed by atoms with Gasteiger partial charge in [0.25, 0.3) is 11.8 Å². The number of rotatable bonds is 22. The third-order valence-corrected chi connectivity index (χ3v) is 9.87. The maximum absolute atomic E-state index is 14.3. The first kappa shape index (κ1) is 41.4. The predicted molar refractivity (Wildman–Crippen MR) is 217 cm³/mol. The second kappa shape index (κ2) is 22.6. The topological polar surface area (TPSA) is 125 Å². The van der Waals surface area contributed by atoms with Gasteiger partial charge in [-0.1, -0.05) is 115 Å². The average Bonchev–Trinajstić information content (AvgIpc) is 3.65. The summed E-state index contributed by atoms with van der Waals surface area (Å²) in [5.74, 6) is -0.432. The second-order valence-corrected chi connectivity index (χ2v) is 14.1. The average molecular weight is 786 g/mol. The number of ether oxygens (including phenoxy) is 5. The van der Waals surface area contributed by atoms with E-state index in [1.54, 1.807) is 6.07 Å². The lowest BCUT2D eigenvalue weighted by atomic mass is 10.0. The first-order chi connectivity index (χ1) is 26.9. The molecule has 290 valence electrons. The maximum atomic E-state index is 14.3. The monoisotopic (exact) mass is 785 g/mol. The molecule has 1 aliphatic rings. The molecule has 1 aliphatic heterocycles. The summed E-state index contributed by atoms with van der Waals surface area (Å²) < 4.78 is 29.6. The van der Waals surface area contributed by atoms with E-state index in [4.69, 9.17) is 35.9 Å². The fraction of sp³-hybridized carbons (Fsp3) is 0.333. The van der Waals surface area contributed by atoms with Gasteiger partial charge in [0.05, 0.1) is 44.2 Å². The first-order valence-corrected chi connectivity index (χ1v) is 19.7. The minimum absolute atomic E-state index is 0.0802. The molecule has 5 rings (SSSR count). The quantitative estimate of drug-likeness (QED) is 0.0742. The number of nitrogens with one attached hydrogen (secondary N) is 2. The van der Waals surface area contributed by atoms with Crippen LogP contribution in [0.2, 0.25) is 0 Å². The van der Waals surface area contributed by atoms with E-state index >= 15 is 0 Å². The fourth-order valence-electron chi connectivity index (χ4n) is 5.63. The van der Waals surface area contributed by atoms with E-state index in [2.05, 4.69) is 10.6 Å².